The number of nitrogens with one attached hydrogen (secondary N) is 1. The first-order chi connectivity index (χ1) is 16.2. The number of carbonyl (C=O) groups excluding carboxylic acids is 1. The minimum Gasteiger partial charge on any atom is -0.480 e. The monoisotopic (exact) mass is 501 g/mol. The van der Waals surface area contributed by atoms with E-state index in [1.54, 1.807) is 12.1 Å². The van der Waals surface area contributed by atoms with Gasteiger partial charge in [-0.1, -0.05) is 11.6 Å². The Kier molecular flexibility index (Phi) is 6.43. The average Bonchev–Trinajstić information content (AvgIpc) is 3.25. The summed E-state index contributed by atoms with van der Waals surface area (Å²) in [5.74, 6) is 0.831. The number of carbonyl (C=O) groups is 1. The summed E-state index contributed by atoms with van der Waals surface area (Å²) in [6.07, 6.45) is -3.66. The number of amides is 1. The molecule has 2 fully saturated rings. The Bertz CT molecular complexity index is 1040. The van der Waals surface area contributed by atoms with Crippen LogP contribution in [0.1, 0.15) is 61.5 Å². The highest BCUT2D eigenvalue weighted by molar-refractivity contribution is 6.30. The van der Waals surface area contributed by atoms with E-state index in [0.717, 1.165) is 5.56 Å². The van der Waals surface area contributed by atoms with Crippen molar-refractivity contribution in [3.05, 3.63) is 40.6 Å². The van der Waals surface area contributed by atoms with Crippen LogP contribution in [0.15, 0.2) is 22.6 Å². The summed E-state index contributed by atoms with van der Waals surface area (Å²) in [6.45, 7) is 0.276. The number of aromatic nitrogens is 2. The Morgan fingerprint density at radius 1 is 1.15 bits per heavy atom. The highest BCUT2D eigenvalue weighted by Gasteiger charge is 2.43. The first-order valence-electron chi connectivity index (χ1n) is 11.2. The van der Waals surface area contributed by atoms with Gasteiger partial charge in [-0.2, -0.15) is 0 Å². The Morgan fingerprint density at radius 2 is 1.94 bits per heavy atom. The Hall–Kier alpha value is -2.37. The van der Waals surface area contributed by atoms with Crippen LogP contribution in [0.4, 0.5) is 13.2 Å². The molecule has 184 valence electrons. The van der Waals surface area contributed by atoms with Crippen molar-refractivity contribution >= 4 is 17.5 Å². The minimum absolute atomic E-state index is 0.173. The molecule has 3 atom stereocenters. The maximum atomic E-state index is 12.7. The van der Waals surface area contributed by atoms with Gasteiger partial charge in [0.25, 0.3) is 5.91 Å². The molecular formula is C22H23ClF3N3O5. The van der Waals surface area contributed by atoms with Crippen LogP contribution in [0, 0.1) is 0 Å². The summed E-state index contributed by atoms with van der Waals surface area (Å²) in [5.41, 5.74) is 0.990. The summed E-state index contributed by atoms with van der Waals surface area (Å²) < 4.78 is 58.1. The summed E-state index contributed by atoms with van der Waals surface area (Å²) in [5, 5.41) is 11.6. The van der Waals surface area contributed by atoms with E-state index in [4.69, 9.17) is 25.5 Å². The Morgan fingerprint density at radius 3 is 2.68 bits per heavy atom. The van der Waals surface area contributed by atoms with Crippen molar-refractivity contribution in [3.8, 4) is 5.75 Å². The molecule has 1 N–H and O–H groups in total. The van der Waals surface area contributed by atoms with E-state index in [9.17, 15) is 18.0 Å². The van der Waals surface area contributed by atoms with Gasteiger partial charge in [-0.25, -0.2) is 0 Å². The molecule has 3 heterocycles. The molecule has 1 aromatic carbocycles. The molecule has 2 aliphatic heterocycles. The lowest BCUT2D eigenvalue weighted by Crippen LogP contribution is -2.48. The Labute approximate surface area is 198 Å². The van der Waals surface area contributed by atoms with Crippen LogP contribution in [0.25, 0.3) is 0 Å². The third-order valence-electron chi connectivity index (χ3n) is 6.36. The molecule has 5 rings (SSSR count). The second-order valence-electron chi connectivity index (χ2n) is 8.83. The lowest BCUT2D eigenvalue weighted by Gasteiger charge is -2.33. The maximum Gasteiger partial charge on any atom is 0.522 e. The van der Waals surface area contributed by atoms with Gasteiger partial charge in [0.15, 0.2) is 6.10 Å². The normalized spacial score (nSPS) is 29.0. The van der Waals surface area contributed by atoms with Crippen molar-refractivity contribution in [1.82, 2.24) is 15.5 Å². The van der Waals surface area contributed by atoms with Crippen LogP contribution in [0.2, 0.25) is 5.02 Å². The predicted molar refractivity (Wildman–Crippen MR) is 111 cm³/mol. The molecule has 0 radical (unpaired) electrons. The number of rotatable bonds is 5. The SMILES string of the molecule is O=C(N[C@H]1CC[C@H](c2nnc(C3CC(OC(F)(F)F)C3)o2)OC1)[C@H]1CCc2cc(Cl)ccc2O1. The third-order valence-corrected chi connectivity index (χ3v) is 6.59. The molecule has 1 aromatic heterocycles. The predicted octanol–water partition coefficient (Wildman–Crippen LogP) is 4.24. The lowest BCUT2D eigenvalue weighted by molar-refractivity contribution is -0.352. The maximum absolute atomic E-state index is 12.7. The number of ether oxygens (including phenoxy) is 3. The zero-order valence-corrected chi connectivity index (χ0v) is 18.8. The Balaban J connectivity index is 1.07. The van der Waals surface area contributed by atoms with Gasteiger partial charge >= 0.3 is 6.36 Å². The number of nitrogens with zero attached hydrogens (tertiary/aromatic N) is 2. The molecule has 34 heavy (non-hydrogen) atoms. The summed E-state index contributed by atoms with van der Waals surface area (Å²) in [6, 6.07) is 5.19. The molecule has 0 unspecified atom stereocenters. The fraction of sp³-hybridized carbons (Fsp3) is 0.591. The van der Waals surface area contributed by atoms with Crippen molar-refractivity contribution in [2.75, 3.05) is 6.61 Å². The van der Waals surface area contributed by atoms with Gasteiger partial charge in [0.05, 0.1) is 18.8 Å². The van der Waals surface area contributed by atoms with Crippen LogP contribution in [0.3, 0.4) is 0 Å². The third kappa shape index (κ3) is 5.31. The molecule has 12 heteroatoms. The summed E-state index contributed by atoms with van der Waals surface area (Å²) >= 11 is 6.01. The second kappa shape index (κ2) is 9.35. The number of hydrogen-bond acceptors (Lipinski definition) is 7. The topological polar surface area (TPSA) is 95.7 Å². The van der Waals surface area contributed by atoms with Crippen molar-refractivity contribution in [2.24, 2.45) is 0 Å². The number of benzene rings is 1. The molecule has 0 bridgehead atoms. The van der Waals surface area contributed by atoms with E-state index < -0.39 is 24.7 Å². The second-order valence-corrected chi connectivity index (χ2v) is 9.27. The van der Waals surface area contributed by atoms with Gasteiger partial charge in [-0.3, -0.25) is 9.53 Å². The number of aryl methyl sites for hydroxylation is 1. The summed E-state index contributed by atoms with van der Waals surface area (Å²) in [7, 11) is 0. The van der Waals surface area contributed by atoms with E-state index in [0.29, 0.717) is 48.2 Å². The van der Waals surface area contributed by atoms with Gasteiger partial charge in [0.1, 0.15) is 11.9 Å². The van der Waals surface area contributed by atoms with Gasteiger partial charge in [-0.05, 0) is 62.3 Å². The van der Waals surface area contributed by atoms with E-state index in [2.05, 4.69) is 20.3 Å². The molecule has 3 aliphatic rings. The van der Waals surface area contributed by atoms with Crippen molar-refractivity contribution in [1.29, 1.82) is 0 Å². The van der Waals surface area contributed by atoms with Crippen LogP contribution < -0.4 is 10.1 Å². The fourth-order valence-corrected chi connectivity index (χ4v) is 4.68. The molecule has 1 aliphatic carbocycles. The fourth-order valence-electron chi connectivity index (χ4n) is 4.49. The van der Waals surface area contributed by atoms with E-state index in [-0.39, 0.29) is 37.3 Å². The molecule has 2 aromatic rings. The van der Waals surface area contributed by atoms with Crippen LogP contribution in [-0.2, 0) is 20.7 Å². The van der Waals surface area contributed by atoms with Crippen LogP contribution >= 0.6 is 11.6 Å². The number of halogens is 4. The van der Waals surface area contributed by atoms with Gasteiger partial charge < -0.3 is 19.2 Å². The number of hydrogen-bond donors (Lipinski definition) is 1. The first-order valence-corrected chi connectivity index (χ1v) is 11.6. The van der Waals surface area contributed by atoms with Crippen LogP contribution in [0.5, 0.6) is 5.75 Å². The standard InChI is InChI=1S/C22H23ClF3N3O5/c23-13-2-5-16-11(7-13)1-4-17(32-16)19(30)27-14-3-6-18(31-10-14)21-29-28-20(33-21)12-8-15(9-12)34-22(24,25)26/h2,5,7,12,14-15,17-18H,1,3-4,6,8-10H2,(H,27,30)/t12?,14-,15?,17+,18+/m0/s1. The van der Waals surface area contributed by atoms with Gasteiger partial charge in [0.2, 0.25) is 11.8 Å². The van der Waals surface area contributed by atoms with Crippen LogP contribution in [-0.4, -0.2) is 47.3 Å². The molecule has 0 spiro atoms. The molecule has 1 saturated carbocycles. The van der Waals surface area contributed by atoms with Crippen molar-refractivity contribution in [2.45, 2.75) is 75.2 Å². The lowest BCUT2D eigenvalue weighted by atomic mass is 9.82. The number of fused-ring (bicyclic) bond motifs is 1. The van der Waals surface area contributed by atoms with Gasteiger partial charge in [0, 0.05) is 10.9 Å². The summed E-state index contributed by atoms with van der Waals surface area (Å²) in [4.78, 5) is 12.7. The van der Waals surface area contributed by atoms with Crippen molar-refractivity contribution < 1.29 is 36.6 Å². The quantitative estimate of drug-likeness (QED) is 0.654. The smallest absolute Gasteiger partial charge is 0.480 e. The van der Waals surface area contributed by atoms with E-state index in [1.807, 2.05) is 6.07 Å². The van der Waals surface area contributed by atoms with Gasteiger partial charge in [-0.15, -0.1) is 23.4 Å². The highest BCUT2D eigenvalue weighted by Crippen LogP contribution is 2.41. The molecule has 8 nitrogen and oxygen atoms in total. The zero-order chi connectivity index (χ0) is 23.9. The number of alkyl halides is 3. The van der Waals surface area contributed by atoms with Crippen molar-refractivity contribution in [3.63, 3.8) is 0 Å². The van der Waals surface area contributed by atoms with E-state index >= 15 is 0 Å². The van der Waals surface area contributed by atoms with E-state index in [1.165, 1.54) is 0 Å². The highest BCUT2D eigenvalue weighted by atomic mass is 35.5. The first kappa shape index (κ1) is 23.4. The largest absolute Gasteiger partial charge is 0.522 e. The zero-order valence-electron chi connectivity index (χ0n) is 18.0. The molecule has 1 saturated heterocycles. The average molecular weight is 502 g/mol. The molecular weight excluding hydrogens is 479 g/mol. The minimum atomic E-state index is -4.64. The molecule has 1 amide bonds.